The SMILES string of the molecule is CC.Nc1ccc(OCc2ccc(-c3ccc(N)cc3)cc2)cc1.O=CO. The number of nitrogen functional groups attached to an aromatic ring is 2. The molecule has 0 aliphatic carbocycles. The van der Waals surface area contributed by atoms with Crippen LogP contribution < -0.4 is 16.2 Å². The third kappa shape index (κ3) is 7.52. The van der Waals surface area contributed by atoms with E-state index < -0.39 is 0 Å². The Kier molecular flexibility index (Phi) is 9.57. The molecule has 3 rings (SSSR count). The minimum absolute atomic E-state index is 0.250. The second-order valence-electron chi connectivity index (χ2n) is 5.28. The van der Waals surface area contributed by atoms with Gasteiger partial charge in [-0.2, -0.15) is 0 Å². The van der Waals surface area contributed by atoms with Crippen molar-refractivity contribution >= 4 is 17.8 Å². The summed E-state index contributed by atoms with van der Waals surface area (Å²) >= 11 is 0. The van der Waals surface area contributed by atoms with Gasteiger partial charge >= 0.3 is 0 Å². The predicted octanol–water partition coefficient (Wildman–Crippen LogP) is 4.82. The molecular weight excluding hydrogens is 340 g/mol. The highest BCUT2D eigenvalue weighted by atomic mass is 16.5. The normalized spacial score (nSPS) is 9.11. The van der Waals surface area contributed by atoms with Crippen molar-refractivity contribution in [3.8, 4) is 16.9 Å². The Morgan fingerprint density at radius 1 is 0.778 bits per heavy atom. The van der Waals surface area contributed by atoms with Crippen LogP contribution in [0.5, 0.6) is 5.75 Å². The van der Waals surface area contributed by atoms with Crippen molar-refractivity contribution in [3.05, 3.63) is 78.4 Å². The molecule has 0 saturated carbocycles. The van der Waals surface area contributed by atoms with E-state index in [2.05, 4.69) is 24.3 Å². The van der Waals surface area contributed by atoms with Gasteiger partial charge in [-0.3, -0.25) is 4.79 Å². The van der Waals surface area contributed by atoms with Gasteiger partial charge in [0.25, 0.3) is 6.47 Å². The van der Waals surface area contributed by atoms with Crippen molar-refractivity contribution in [2.75, 3.05) is 11.5 Å². The van der Waals surface area contributed by atoms with E-state index in [4.69, 9.17) is 26.1 Å². The Labute approximate surface area is 160 Å². The van der Waals surface area contributed by atoms with Gasteiger partial charge in [-0.1, -0.05) is 50.2 Å². The molecular formula is C22H26N2O3. The smallest absolute Gasteiger partial charge is 0.290 e. The van der Waals surface area contributed by atoms with Crippen LogP contribution in [0.4, 0.5) is 11.4 Å². The third-order valence-electron chi connectivity index (χ3n) is 3.48. The summed E-state index contributed by atoms with van der Waals surface area (Å²) in [6, 6.07) is 23.6. The van der Waals surface area contributed by atoms with Crippen LogP contribution in [0.3, 0.4) is 0 Å². The van der Waals surface area contributed by atoms with Crippen molar-refractivity contribution in [2.24, 2.45) is 0 Å². The Morgan fingerprint density at radius 2 is 1.15 bits per heavy atom. The molecule has 0 radical (unpaired) electrons. The molecule has 0 saturated heterocycles. The first-order valence-electron chi connectivity index (χ1n) is 8.63. The van der Waals surface area contributed by atoms with Crippen LogP contribution in [-0.4, -0.2) is 11.6 Å². The van der Waals surface area contributed by atoms with Crippen molar-refractivity contribution in [3.63, 3.8) is 0 Å². The Balaban J connectivity index is 0.000000665. The molecule has 3 aromatic rings. The molecule has 0 bridgehead atoms. The molecule has 0 aromatic heterocycles. The van der Waals surface area contributed by atoms with Crippen molar-refractivity contribution in [1.82, 2.24) is 0 Å². The number of nitrogens with two attached hydrogens (primary N) is 2. The number of ether oxygens (including phenoxy) is 1. The summed E-state index contributed by atoms with van der Waals surface area (Å²) in [5.41, 5.74) is 16.3. The highest BCUT2D eigenvalue weighted by molar-refractivity contribution is 5.65. The minimum atomic E-state index is -0.250. The fourth-order valence-corrected chi connectivity index (χ4v) is 2.20. The molecule has 27 heavy (non-hydrogen) atoms. The van der Waals surface area contributed by atoms with Gasteiger partial charge in [0.2, 0.25) is 0 Å². The largest absolute Gasteiger partial charge is 0.489 e. The first-order valence-corrected chi connectivity index (χ1v) is 8.63. The van der Waals surface area contributed by atoms with E-state index in [1.165, 1.54) is 0 Å². The topological polar surface area (TPSA) is 98.6 Å². The van der Waals surface area contributed by atoms with Crippen molar-refractivity contribution in [2.45, 2.75) is 20.5 Å². The Morgan fingerprint density at radius 3 is 1.59 bits per heavy atom. The molecule has 0 heterocycles. The molecule has 0 fully saturated rings. The quantitative estimate of drug-likeness (QED) is 0.454. The molecule has 0 amide bonds. The standard InChI is InChI=1S/C19H18N2O.C2H6.CH2O2/c20-17-7-5-16(6-8-17)15-3-1-14(2-4-15)13-22-19-11-9-18(21)10-12-19;1-2;2-1-3/h1-12H,13,20-21H2;1-2H3;1H,(H,2,3). The van der Waals surface area contributed by atoms with Gasteiger partial charge in [0.15, 0.2) is 0 Å². The lowest BCUT2D eigenvalue weighted by Gasteiger charge is -2.08. The lowest BCUT2D eigenvalue weighted by molar-refractivity contribution is -0.122. The second kappa shape index (κ2) is 12.0. The molecule has 0 atom stereocenters. The summed E-state index contributed by atoms with van der Waals surface area (Å²) in [6.45, 7) is 4.28. The zero-order valence-corrected chi connectivity index (χ0v) is 15.6. The monoisotopic (exact) mass is 366 g/mol. The maximum Gasteiger partial charge on any atom is 0.290 e. The van der Waals surface area contributed by atoms with E-state index in [1.54, 1.807) is 0 Å². The lowest BCUT2D eigenvalue weighted by atomic mass is 10.0. The number of carboxylic acid groups (broad SMARTS) is 1. The fraction of sp³-hybridized carbons (Fsp3) is 0.136. The van der Waals surface area contributed by atoms with Crippen molar-refractivity contribution < 1.29 is 14.6 Å². The number of hydrogen-bond donors (Lipinski definition) is 3. The summed E-state index contributed by atoms with van der Waals surface area (Å²) in [5.74, 6) is 0.816. The number of hydrogen-bond acceptors (Lipinski definition) is 4. The van der Waals surface area contributed by atoms with Gasteiger partial charge in [-0.15, -0.1) is 0 Å². The van der Waals surface area contributed by atoms with Crippen LogP contribution in [0.15, 0.2) is 72.8 Å². The van der Waals surface area contributed by atoms with Crippen LogP contribution in [0.25, 0.3) is 11.1 Å². The first kappa shape index (κ1) is 21.6. The number of benzene rings is 3. The first-order chi connectivity index (χ1) is 13.1. The lowest BCUT2D eigenvalue weighted by Crippen LogP contribution is -1.95. The second-order valence-corrected chi connectivity index (χ2v) is 5.28. The van der Waals surface area contributed by atoms with E-state index >= 15 is 0 Å². The maximum atomic E-state index is 8.36. The van der Waals surface area contributed by atoms with Crippen LogP contribution >= 0.6 is 0 Å². The van der Waals surface area contributed by atoms with E-state index in [0.29, 0.717) is 6.61 Å². The predicted molar refractivity (Wildman–Crippen MR) is 112 cm³/mol. The third-order valence-corrected chi connectivity index (χ3v) is 3.48. The number of rotatable bonds is 4. The number of carbonyl (C=O) groups is 1. The molecule has 5 nitrogen and oxygen atoms in total. The zero-order valence-electron chi connectivity index (χ0n) is 15.6. The summed E-state index contributed by atoms with van der Waals surface area (Å²) in [6.07, 6.45) is 0. The molecule has 0 aliphatic rings. The average Bonchev–Trinajstić information content (AvgIpc) is 2.71. The van der Waals surface area contributed by atoms with Gasteiger partial charge < -0.3 is 21.3 Å². The average molecular weight is 366 g/mol. The molecule has 0 unspecified atom stereocenters. The van der Waals surface area contributed by atoms with E-state index in [0.717, 1.165) is 33.8 Å². The van der Waals surface area contributed by atoms with Crippen LogP contribution in [0.2, 0.25) is 0 Å². The molecule has 3 aromatic carbocycles. The van der Waals surface area contributed by atoms with Gasteiger partial charge in [-0.25, -0.2) is 0 Å². The van der Waals surface area contributed by atoms with E-state index in [-0.39, 0.29) is 6.47 Å². The molecule has 5 N–H and O–H groups in total. The highest BCUT2D eigenvalue weighted by Gasteiger charge is 2.00. The number of anilines is 2. The Hall–Kier alpha value is -3.47. The van der Waals surface area contributed by atoms with Crippen LogP contribution in [0, 0.1) is 0 Å². The van der Waals surface area contributed by atoms with Crippen LogP contribution in [0.1, 0.15) is 19.4 Å². The maximum absolute atomic E-state index is 8.36. The molecule has 0 aliphatic heterocycles. The van der Waals surface area contributed by atoms with E-state index in [9.17, 15) is 0 Å². The Bertz CT molecular complexity index is 783. The van der Waals surface area contributed by atoms with Crippen molar-refractivity contribution in [1.29, 1.82) is 0 Å². The summed E-state index contributed by atoms with van der Waals surface area (Å²) in [4.78, 5) is 8.36. The fourth-order valence-electron chi connectivity index (χ4n) is 2.20. The summed E-state index contributed by atoms with van der Waals surface area (Å²) in [7, 11) is 0. The van der Waals surface area contributed by atoms with E-state index in [1.807, 2.05) is 62.4 Å². The molecule has 0 spiro atoms. The van der Waals surface area contributed by atoms with Gasteiger partial charge in [-0.05, 0) is 53.1 Å². The highest BCUT2D eigenvalue weighted by Crippen LogP contribution is 2.22. The van der Waals surface area contributed by atoms with Gasteiger partial charge in [0, 0.05) is 11.4 Å². The zero-order chi connectivity index (χ0) is 20.1. The van der Waals surface area contributed by atoms with Gasteiger partial charge in [0.05, 0.1) is 0 Å². The summed E-state index contributed by atoms with van der Waals surface area (Å²) in [5, 5.41) is 6.89. The minimum Gasteiger partial charge on any atom is -0.489 e. The van der Waals surface area contributed by atoms with Gasteiger partial charge in [0.1, 0.15) is 12.4 Å². The van der Waals surface area contributed by atoms with Crippen LogP contribution in [-0.2, 0) is 11.4 Å². The summed E-state index contributed by atoms with van der Waals surface area (Å²) < 4.78 is 5.74. The molecule has 5 heteroatoms. The molecule has 142 valence electrons.